The van der Waals surface area contributed by atoms with Gasteiger partial charge in [-0.25, -0.2) is 4.79 Å². The maximum absolute atomic E-state index is 10.2. The van der Waals surface area contributed by atoms with Crippen molar-refractivity contribution in [2.75, 3.05) is 0 Å². The monoisotopic (exact) mass is 178 g/mol. The van der Waals surface area contributed by atoms with Gasteiger partial charge in [0.05, 0.1) is 6.04 Å². The van der Waals surface area contributed by atoms with Gasteiger partial charge in [0.25, 0.3) is 0 Å². The number of aliphatic carboxylic acids is 1. The van der Waals surface area contributed by atoms with Crippen molar-refractivity contribution in [1.82, 2.24) is 4.98 Å². The molecular weight excluding hydrogens is 168 g/mol. The Bertz CT molecular complexity index is 309. The molecule has 4 nitrogen and oxygen atoms in total. The lowest BCUT2D eigenvalue weighted by Crippen LogP contribution is -2.07. The van der Waals surface area contributed by atoms with Crippen LogP contribution in [0.5, 0.6) is 0 Å². The van der Waals surface area contributed by atoms with Crippen molar-refractivity contribution in [3.8, 4) is 0 Å². The summed E-state index contributed by atoms with van der Waals surface area (Å²) in [5, 5.41) is 8.35. The highest BCUT2D eigenvalue weighted by atomic mass is 16.4. The number of hydrogen-bond donors (Lipinski definition) is 2. The molecule has 0 aliphatic carbocycles. The molecule has 0 aromatic carbocycles. The van der Waals surface area contributed by atoms with E-state index in [0.29, 0.717) is 0 Å². The van der Waals surface area contributed by atoms with Gasteiger partial charge in [-0.2, -0.15) is 0 Å². The van der Waals surface area contributed by atoms with E-state index in [1.54, 1.807) is 24.5 Å². The zero-order chi connectivity index (χ0) is 9.68. The quantitative estimate of drug-likeness (QED) is 0.669. The molecule has 68 valence electrons. The van der Waals surface area contributed by atoms with E-state index in [1.807, 2.05) is 0 Å². The number of aromatic nitrogens is 1. The molecule has 0 fully saturated rings. The first-order valence-corrected chi connectivity index (χ1v) is 3.77. The van der Waals surface area contributed by atoms with Crippen molar-refractivity contribution < 1.29 is 9.90 Å². The summed E-state index contributed by atoms with van der Waals surface area (Å²) in [4.78, 5) is 14.0. The van der Waals surface area contributed by atoms with E-state index in [-0.39, 0.29) is 0 Å². The van der Waals surface area contributed by atoms with Gasteiger partial charge in [-0.1, -0.05) is 12.1 Å². The molecule has 0 amide bonds. The maximum Gasteiger partial charge on any atom is 0.328 e. The smallest absolute Gasteiger partial charge is 0.328 e. The molecule has 4 heteroatoms. The number of carbonyl (C=O) groups is 1. The Kier molecular flexibility index (Phi) is 3.16. The van der Waals surface area contributed by atoms with Gasteiger partial charge in [0.2, 0.25) is 0 Å². The lowest BCUT2D eigenvalue weighted by Gasteiger charge is -2.04. The largest absolute Gasteiger partial charge is 0.478 e. The minimum atomic E-state index is -1.00. The van der Waals surface area contributed by atoms with Crippen molar-refractivity contribution in [3.63, 3.8) is 0 Å². The van der Waals surface area contributed by atoms with Gasteiger partial charge in [-0.15, -0.1) is 0 Å². The average molecular weight is 178 g/mol. The number of rotatable bonds is 3. The number of carboxylic acids is 1. The first kappa shape index (κ1) is 9.41. The minimum Gasteiger partial charge on any atom is -0.478 e. The molecule has 3 N–H and O–H groups in total. The lowest BCUT2D eigenvalue weighted by atomic mass is 10.1. The summed E-state index contributed by atoms with van der Waals surface area (Å²) in [6, 6.07) is 3.14. The van der Waals surface area contributed by atoms with Gasteiger partial charge in [-0.3, -0.25) is 4.98 Å². The van der Waals surface area contributed by atoms with Gasteiger partial charge in [0, 0.05) is 18.5 Å². The van der Waals surface area contributed by atoms with Gasteiger partial charge in [0.15, 0.2) is 0 Å². The molecule has 1 aromatic rings. The fraction of sp³-hybridized carbons (Fsp3) is 0.111. The van der Waals surface area contributed by atoms with E-state index < -0.39 is 12.0 Å². The molecule has 0 radical (unpaired) electrons. The Morgan fingerprint density at radius 1 is 1.69 bits per heavy atom. The SMILES string of the molecule is NC(/C=C/C(=O)O)c1cccnc1. The van der Waals surface area contributed by atoms with E-state index in [0.717, 1.165) is 11.6 Å². The van der Waals surface area contributed by atoms with E-state index in [1.165, 1.54) is 6.08 Å². The number of nitrogens with two attached hydrogens (primary N) is 1. The summed E-state index contributed by atoms with van der Waals surface area (Å²) < 4.78 is 0. The first-order chi connectivity index (χ1) is 6.20. The van der Waals surface area contributed by atoms with Crippen LogP contribution in [-0.4, -0.2) is 16.1 Å². The minimum absolute atomic E-state index is 0.412. The Morgan fingerprint density at radius 2 is 2.46 bits per heavy atom. The number of carboxylic acid groups (broad SMARTS) is 1. The Balaban J connectivity index is 2.69. The first-order valence-electron chi connectivity index (χ1n) is 3.77. The molecule has 13 heavy (non-hydrogen) atoms. The maximum atomic E-state index is 10.2. The highest BCUT2D eigenvalue weighted by molar-refractivity contribution is 5.79. The van der Waals surface area contributed by atoms with Crippen molar-refractivity contribution in [3.05, 3.63) is 42.2 Å². The average Bonchev–Trinajstić information content (AvgIpc) is 2.15. The van der Waals surface area contributed by atoms with E-state index in [2.05, 4.69) is 4.98 Å². The third kappa shape index (κ3) is 3.04. The Morgan fingerprint density at radius 3 is 3.00 bits per heavy atom. The fourth-order valence-electron chi connectivity index (χ4n) is 0.870. The molecular formula is C9H10N2O2. The van der Waals surface area contributed by atoms with Crippen molar-refractivity contribution in [2.45, 2.75) is 6.04 Å². The molecule has 0 saturated carbocycles. The zero-order valence-electron chi connectivity index (χ0n) is 6.92. The van der Waals surface area contributed by atoms with Crippen molar-refractivity contribution in [1.29, 1.82) is 0 Å². The molecule has 0 bridgehead atoms. The molecule has 1 unspecified atom stereocenters. The summed E-state index contributed by atoms with van der Waals surface area (Å²) >= 11 is 0. The van der Waals surface area contributed by atoms with Crippen LogP contribution in [0.3, 0.4) is 0 Å². The highest BCUT2D eigenvalue weighted by Crippen LogP contribution is 2.08. The molecule has 0 saturated heterocycles. The van der Waals surface area contributed by atoms with Gasteiger partial charge >= 0.3 is 5.97 Å². The number of hydrogen-bond acceptors (Lipinski definition) is 3. The summed E-state index contributed by atoms with van der Waals surface area (Å²) in [6.45, 7) is 0. The molecule has 0 aliphatic heterocycles. The second-order valence-electron chi connectivity index (χ2n) is 2.51. The summed E-state index contributed by atoms with van der Waals surface area (Å²) in [6.07, 6.45) is 5.69. The van der Waals surface area contributed by atoms with Crippen molar-refractivity contribution in [2.24, 2.45) is 5.73 Å². The van der Waals surface area contributed by atoms with Crippen LogP contribution in [0.4, 0.5) is 0 Å². The second kappa shape index (κ2) is 4.37. The number of pyridine rings is 1. The molecule has 0 aliphatic rings. The number of nitrogens with zero attached hydrogens (tertiary/aromatic N) is 1. The molecule has 1 atom stereocenters. The summed E-state index contributed by atoms with van der Waals surface area (Å²) in [5.74, 6) is -1.00. The van der Waals surface area contributed by atoms with Gasteiger partial charge in [-0.05, 0) is 11.6 Å². The van der Waals surface area contributed by atoms with Gasteiger partial charge < -0.3 is 10.8 Å². The van der Waals surface area contributed by atoms with Crippen LogP contribution >= 0.6 is 0 Å². The highest BCUT2D eigenvalue weighted by Gasteiger charge is 2.00. The van der Waals surface area contributed by atoms with Crippen LogP contribution in [0.25, 0.3) is 0 Å². The third-order valence-corrected chi connectivity index (χ3v) is 1.52. The van der Waals surface area contributed by atoms with Crippen LogP contribution in [0.1, 0.15) is 11.6 Å². The Labute approximate surface area is 75.7 Å². The topological polar surface area (TPSA) is 76.2 Å². The normalized spacial score (nSPS) is 13.0. The zero-order valence-corrected chi connectivity index (χ0v) is 6.92. The van der Waals surface area contributed by atoms with Crippen LogP contribution < -0.4 is 5.73 Å². The molecule has 0 spiro atoms. The van der Waals surface area contributed by atoms with E-state index in [4.69, 9.17) is 10.8 Å². The predicted octanol–water partition coefficient (Wildman–Crippen LogP) is 0.722. The van der Waals surface area contributed by atoms with Crippen LogP contribution in [0.15, 0.2) is 36.7 Å². The predicted molar refractivity (Wildman–Crippen MR) is 47.9 cm³/mol. The van der Waals surface area contributed by atoms with Crippen LogP contribution in [0, 0.1) is 0 Å². The van der Waals surface area contributed by atoms with Crippen LogP contribution in [0.2, 0.25) is 0 Å². The molecule has 1 aromatic heterocycles. The summed E-state index contributed by atoms with van der Waals surface area (Å²) in [5.41, 5.74) is 6.44. The van der Waals surface area contributed by atoms with Crippen molar-refractivity contribution >= 4 is 5.97 Å². The lowest BCUT2D eigenvalue weighted by molar-refractivity contribution is -0.131. The second-order valence-corrected chi connectivity index (χ2v) is 2.51. The Hall–Kier alpha value is -1.68. The standard InChI is InChI=1S/C9H10N2O2/c10-8(3-4-9(12)13)7-2-1-5-11-6-7/h1-6,8H,10H2,(H,12,13)/b4-3+. The molecule has 1 heterocycles. The molecule has 1 rings (SSSR count). The van der Waals surface area contributed by atoms with E-state index in [9.17, 15) is 4.79 Å². The van der Waals surface area contributed by atoms with Crippen LogP contribution in [-0.2, 0) is 4.79 Å². The third-order valence-electron chi connectivity index (χ3n) is 1.52. The van der Waals surface area contributed by atoms with Gasteiger partial charge in [0.1, 0.15) is 0 Å². The summed E-state index contributed by atoms with van der Waals surface area (Å²) in [7, 11) is 0. The fourth-order valence-corrected chi connectivity index (χ4v) is 0.870. The van der Waals surface area contributed by atoms with E-state index >= 15 is 0 Å².